The van der Waals surface area contributed by atoms with Gasteiger partial charge in [-0.25, -0.2) is 9.18 Å². The molecule has 6 nitrogen and oxygen atoms in total. The highest BCUT2D eigenvalue weighted by molar-refractivity contribution is 6.00. The van der Waals surface area contributed by atoms with Gasteiger partial charge in [-0.2, -0.15) is 0 Å². The average molecular weight is 357 g/mol. The summed E-state index contributed by atoms with van der Waals surface area (Å²) in [6.07, 6.45) is 1.28. The molecule has 1 heterocycles. The number of nitrogens with zero attached hydrogens (tertiary/aromatic N) is 1. The first-order valence-electron chi connectivity index (χ1n) is 8.35. The first kappa shape index (κ1) is 17.7. The topological polar surface area (TPSA) is 70.7 Å². The Kier molecular flexibility index (Phi) is 5.36. The quantitative estimate of drug-likeness (QED) is 0.880. The van der Waals surface area contributed by atoms with Crippen LogP contribution in [0.2, 0.25) is 0 Å². The molecule has 1 fully saturated rings. The standard InChI is InChI=1S/C19H20FN3O3/c1-26-17-10-3-2-8-15(17)22-19(25)23-11-5-9-16(23)18(24)21-14-7-4-6-13(20)12-14/h2-4,6-8,10,12,16H,5,9,11H2,1H3,(H,21,24)(H,22,25)/t16-/m1/s1. The molecule has 1 saturated heterocycles. The average Bonchev–Trinajstić information content (AvgIpc) is 3.12. The SMILES string of the molecule is COc1ccccc1NC(=O)N1CCC[C@@H]1C(=O)Nc1cccc(F)c1. The van der Waals surface area contributed by atoms with E-state index >= 15 is 0 Å². The second-order valence-electron chi connectivity index (χ2n) is 5.98. The molecule has 1 atom stereocenters. The minimum absolute atomic E-state index is 0.330. The molecule has 0 aromatic heterocycles. The lowest BCUT2D eigenvalue weighted by molar-refractivity contribution is -0.119. The molecule has 3 amide bonds. The van der Waals surface area contributed by atoms with Gasteiger partial charge in [0.1, 0.15) is 17.6 Å². The van der Waals surface area contributed by atoms with E-state index in [0.29, 0.717) is 30.1 Å². The van der Waals surface area contributed by atoms with Gasteiger partial charge < -0.3 is 20.3 Å². The first-order valence-corrected chi connectivity index (χ1v) is 8.35. The highest BCUT2D eigenvalue weighted by atomic mass is 19.1. The summed E-state index contributed by atoms with van der Waals surface area (Å²) in [4.78, 5) is 26.6. The highest BCUT2D eigenvalue weighted by Crippen LogP contribution is 2.25. The van der Waals surface area contributed by atoms with Crippen molar-refractivity contribution in [1.82, 2.24) is 4.90 Å². The summed E-state index contributed by atoms with van der Waals surface area (Å²) >= 11 is 0. The molecule has 0 radical (unpaired) electrons. The number of rotatable bonds is 4. The van der Waals surface area contributed by atoms with Gasteiger partial charge in [0.05, 0.1) is 12.8 Å². The Morgan fingerprint density at radius 3 is 2.73 bits per heavy atom. The van der Waals surface area contributed by atoms with Crippen LogP contribution in [0.25, 0.3) is 0 Å². The Labute approximate surface area is 150 Å². The van der Waals surface area contributed by atoms with Gasteiger partial charge >= 0.3 is 6.03 Å². The van der Waals surface area contributed by atoms with Gasteiger partial charge in [0.25, 0.3) is 0 Å². The molecule has 7 heteroatoms. The predicted octanol–water partition coefficient (Wildman–Crippen LogP) is 3.47. The van der Waals surface area contributed by atoms with Gasteiger partial charge in [-0.3, -0.25) is 4.79 Å². The smallest absolute Gasteiger partial charge is 0.322 e. The van der Waals surface area contributed by atoms with Crippen molar-refractivity contribution in [2.45, 2.75) is 18.9 Å². The number of hydrogen-bond acceptors (Lipinski definition) is 3. The summed E-state index contributed by atoms with van der Waals surface area (Å²) in [7, 11) is 1.52. The zero-order valence-corrected chi connectivity index (χ0v) is 14.4. The van der Waals surface area contributed by atoms with Crippen LogP contribution in [0, 0.1) is 5.82 Å². The van der Waals surface area contributed by atoms with Crippen molar-refractivity contribution in [3.8, 4) is 5.75 Å². The number of nitrogens with one attached hydrogen (secondary N) is 2. The van der Waals surface area contributed by atoms with Crippen molar-refractivity contribution < 1.29 is 18.7 Å². The zero-order valence-electron chi connectivity index (χ0n) is 14.4. The Bertz CT molecular complexity index is 812. The number of benzene rings is 2. The minimum Gasteiger partial charge on any atom is -0.495 e. The third kappa shape index (κ3) is 3.93. The van der Waals surface area contributed by atoms with Crippen LogP contribution in [0.4, 0.5) is 20.6 Å². The van der Waals surface area contributed by atoms with Crippen LogP contribution < -0.4 is 15.4 Å². The maximum atomic E-state index is 13.3. The largest absolute Gasteiger partial charge is 0.495 e. The minimum atomic E-state index is -0.604. The molecule has 0 spiro atoms. The van der Waals surface area contributed by atoms with E-state index in [1.807, 2.05) is 0 Å². The number of methoxy groups -OCH3 is 1. The van der Waals surface area contributed by atoms with Crippen LogP contribution >= 0.6 is 0 Å². The number of likely N-dealkylation sites (tertiary alicyclic amines) is 1. The zero-order chi connectivity index (χ0) is 18.5. The van der Waals surface area contributed by atoms with E-state index in [2.05, 4.69) is 10.6 Å². The van der Waals surface area contributed by atoms with E-state index in [4.69, 9.17) is 4.74 Å². The molecule has 1 aliphatic rings. The van der Waals surface area contributed by atoms with Crippen molar-refractivity contribution in [2.24, 2.45) is 0 Å². The summed E-state index contributed by atoms with van der Waals surface area (Å²) in [5.41, 5.74) is 0.906. The Morgan fingerprint density at radius 1 is 1.15 bits per heavy atom. The van der Waals surface area contributed by atoms with Crippen LogP contribution in [0.1, 0.15) is 12.8 Å². The van der Waals surface area contributed by atoms with E-state index < -0.39 is 11.9 Å². The number of carbonyl (C=O) groups excluding carboxylic acids is 2. The second-order valence-corrected chi connectivity index (χ2v) is 5.98. The van der Waals surface area contributed by atoms with Crippen molar-refractivity contribution in [3.63, 3.8) is 0 Å². The summed E-state index contributed by atoms with van der Waals surface area (Å²) in [5.74, 6) is -0.218. The molecule has 0 saturated carbocycles. The monoisotopic (exact) mass is 357 g/mol. The van der Waals surface area contributed by atoms with Crippen LogP contribution in [0.3, 0.4) is 0 Å². The molecule has 0 unspecified atom stereocenters. The van der Waals surface area contributed by atoms with Gasteiger partial charge in [0.15, 0.2) is 0 Å². The fourth-order valence-corrected chi connectivity index (χ4v) is 3.01. The van der Waals surface area contributed by atoms with Gasteiger partial charge in [-0.15, -0.1) is 0 Å². The molecule has 2 aromatic carbocycles. The van der Waals surface area contributed by atoms with Crippen molar-refractivity contribution in [1.29, 1.82) is 0 Å². The Morgan fingerprint density at radius 2 is 1.96 bits per heavy atom. The lowest BCUT2D eigenvalue weighted by atomic mass is 10.2. The van der Waals surface area contributed by atoms with E-state index in [0.717, 1.165) is 6.42 Å². The Balaban J connectivity index is 1.69. The number of ether oxygens (including phenoxy) is 1. The molecular formula is C19H20FN3O3. The number of hydrogen-bond donors (Lipinski definition) is 2. The maximum absolute atomic E-state index is 13.3. The third-order valence-electron chi connectivity index (χ3n) is 4.26. The number of carbonyl (C=O) groups is 2. The number of anilines is 2. The number of urea groups is 1. The van der Waals surface area contributed by atoms with Crippen LogP contribution in [0.15, 0.2) is 48.5 Å². The predicted molar refractivity (Wildman–Crippen MR) is 96.8 cm³/mol. The number of amides is 3. The van der Waals surface area contributed by atoms with E-state index in [1.54, 1.807) is 30.3 Å². The van der Waals surface area contributed by atoms with Gasteiger partial charge in [-0.05, 0) is 43.2 Å². The fraction of sp³-hybridized carbons (Fsp3) is 0.263. The number of halogens is 1. The normalized spacial score (nSPS) is 16.2. The van der Waals surface area contributed by atoms with E-state index in [9.17, 15) is 14.0 Å². The Hall–Kier alpha value is -3.09. The third-order valence-corrected chi connectivity index (χ3v) is 4.26. The van der Waals surface area contributed by atoms with Gasteiger partial charge in [0, 0.05) is 12.2 Å². The fourth-order valence-electron chi connectivity index (χ4n) is 3.01. The summed E-state index contributed by atoms with van der Waals surface area (Å²) in [5, 5.41) is 5.45. The van der Waals surface area contributed by atoms with Crippen LogP contribution in [-0.4, -0.2) is 36.5 Å². The molecule has 0 bridgehead atoms. The summed E-state index contributed by atoms with van der Waals surface area (Å²) in [6.45, 7) is 0.474. The molecule has 136 valence electrons. The highest BCUT2D eigenvalue weighted by Gasteiger charge is 2.34. The van der Waals surface area contributed by atoms with Crippen molar-refractivity contribution in [2.75, 3.05) is 24.3 Å². The molecule has 0 aliphatic carbocycles. The summed E-state index contributed by atoms with van der Waals surface area (Å²) < 4.78 is 18.5. The lowest BCUT2D eigenvalue weighted by Gasteiger charge is -2.24. The first-order chi connectivity index (χ1) is 12.6. The molecule has 26 heavy (non-hydrogen) atoms. The molecule has 3 rings (SSSR count). The van der Waals surface area contributed by atoms with Gasteiger partial charge in [-0.1, -0.05) is 18.2 Å². The van der Waals surface area contributed by atoms with Gasteiger partial charge in [0.2, 0.25) is 5.91 Å². The van der Waals surface area contributed by atoms with Crippen molar-refractivity contribution in [3.05, 3.63) is 54.3 Å². The summed E-state index contributed by atoms with van der Waals surface area (Å²) in [6, 6.07) is 11.8. The lowest BCUT2D eigenvalue weighted by Crippen LogP contribution is -2.45. The molecule has 2 aromatic rings. The van der Waals surface area contributed by atoms with Crippen LogP contribution in [-0.2, 0) is 4.79 Å². The molecular weight excluding hydrogens is 337 g/mol. The van der Waals surface area contributed by atoms with Crippen molar-refractivity contribution >= 4 is 23.3 Å². The molecule has 1 aliphatic heterocycles. The van der Waals surface area contributed by atoms with E-state index in [1.165, 1.54) is 30.2 Å². The molecule has 2 N–H and O–H groups in total. The maximum Gasteiger partial charge on any atom is 0.322 e. The second kappa shape index (κ2) is 7.86. The number of para-hydroxylation sites is 2. The van der Waals surface area contributed by atoms with Crippen LogP contribution in [0.5, 0.6) is 5.75 Å². The van der Waals surface area contributed by atoms with E-state index in [-0.39, 0.29) is 11.9 Å².